The SMILES string of the molecule is COC1=CC=CN2C1=NC(=O)C21CC=CC1. The number of carbonyl (C=O) groups excluding carboxylic acids is 1. The minimum Gasteiger partial charge on any atom is -0.493 e. The van der Waals surface area contributed by atoms with E-state index in [9.17, 15) is 4.79 Å². The average Bonchev–Trinajstić information content (AvgIpc) is 2.88. The van der Waals surface area contributed by atoms with Crippen LogP contribution in [-0.4, -0.2) is 29.3 Å². The summed E-state index contributed by atoms with van der Waals surface area (Å²) in [5.74, 6) is 1.22. The quantitative estimate of drug-likeness (QED) is 0.622. The molecule has 1 amide bonds. The summed E-state index contributed by atoms with van der Waals surface area (Å²) in [5.41, 5.74) is -0.510. The lowest BCUT2D eigenvalue weighted by atomic mass is 9.94. The van der Waals surface area contributed by atoms with E-state index in [2.05, 4.69) is 4.99 Å². The van der Waals surface area contributed by atoms with Crippen LogP contribution in [-0.2, 0) is 9.53 Å². The highest BCUT2D eigenvalue weighted by atomic mass is 16.5. The Hall–Kier alpha value is -1.84. The fourth-order valence-electron chi connectivity index (χ4n) is 2.41. The minimum atomic E-state index is -0.510. The van der Waals surface area contributed by atoms with Gasteiger partial charge in [-0.25, -0.2) is 0 Å². The van der Waals surface area contributed by atoms with E-state index in [-0.39, 0.29) is 5.91 Å². The normalized spacial score (nSPS) is 24.8. The summed E-state index contributed by atoms with van der Waals surface area (Å²) in [7, 11) is 1.59. The zero-order chi connectivity index (χ0) is 11.2. The smallest absolute Gasteiger partial charge is 0.274 e. The van der Waals surface area contributed by atoms with Crippen LogP contribution in [0.5, 0.6) is 0 Å². The van der Waals surface area contributed by atoms with Crippen molar-refractivity contribution >= 4 is 11.7 Å². The lowest BCUT2D eigenvalue weighted by molar-refractivity contribution is -0.124. The molecule has 0 saturated carbocycles. The summed E-state index contributed by atoms with van der Waals surface area (Å²) in [6, 6.07) is 0. The Morgan fingerprint density at radius 2 is 2.19 bits per heavy atom. The molecule has 82 valence electrons. The first-order valence-electron chi connectivity index (χ1n) is 5.28. The number of nitrogens with zero attached hydrogens (tertiary/aromatic N) is 2. The maximum Gasteiger partial charge on any atom is 0.274 e. The number of hydrogen-bond acceptors (Lipinski definition) is 3. The molecular formula is C12H12N2O2. The third-order valence-electron chi connectivity index (χ3n) is 3.30. The molecular weight excluding hydrogens is 204 g/mol. The van der Waals surface area contributed by atoms with Gasteiger partial charge in [0.25, 0.3) is 5.91 Å². The lowest BCUT2D eigenvalue weighted by Gasteiger charge is -2.33. The van der Waals surface area contributed by atoms with E-state index in [0.29, 0.717) is 11.6 Å². The molecule has 1 spiro atoms. The number of ether oxygens (including phenoxy) is 1. The molecule has 0 bridgehead atoms. The van der Waals surface area contributed by atoms with Crippen molar-refractivity contribution in [3.63, 3.8) is 0 Å². The van der Waals surface area contributed by atoms with Gasteiger partial charge in [0, 0.05) is 6.20 Å². The van der Waals surface area contributed by atoms with E-state index in [4.69, 9.17) is 4.74 Å². The number of carbonyl (C=O) groups is 1. The number of hydrogen-bond donors (Lipinski definition) is 0. The highest BCUT2D eigenvalue weighted by molar-refractivity contribution is 6.14. The number of methoxy groups -OCH3 is 1. The summed E-state index contributed by atoms with van der Waals surface area (Å²) in [6.45, 7) is 0. The molecule has 0 radical (unpaired) electrons. The van der Waals surface area contributed by atoms with E-state index >= 15 is 0 Å². The van der Waals surface area contributed by atoms with Crippen molar-refractivity contribution in [3.8, 4) is 0 Å². The molecule has 2 aliphatic heterocycles. The first-order valence-corrected chi connectivity index (χ1v) is 5.28. The molecule has 0 aromatic rings. The fraction of sp³-hybridized carbons (Fsp3) is 0.333. The maximum absolute atomic E-state index is 12.0. The van der Waals surface area contributed by atoms with E-state index in [1.165, 1.54) is 0 Å². The summed E-state index contributed by atoms with van der Waals surface area (Å²) < 4.78 is 5.22. The Labute approximate surface area is 93.6 Å². The van der Waals surface area contributed by atoms with Crippen LogP contribution in [0.4, 0.5) is 0 Å². The fourth-order valence-corrected chi connectivity index (χ4v) is 2.41. The third kappa shape index (κ3) is 0.988. The molecule has 2 heterocycles. The second kappa shape index (κ2) is 3.07. The van der Waals surface area contributed by atoms with Crippen LogP contribution in [0.15, 0.2) is 41.3 Å². The molecule has 0 N–H and O–H groups in total. The zero-order valence-corrected chi connectivity index (χ0v) is 9.01. The van der Waals surface area contributed by atoms with E-state index in [1.807, 2.05) is 35.4 Å². The first-order chi connectivity index (χ1) is 7.78. The van der Waals surface area contributed by atoms with Crippen LogP contribution in [0.3, 0.4) is 0 Å². The van der Waals surface area contributed by atoms with Crippen molar-refractivity contribution in [2.24, 2.45) is 4.99 Å². The van der Waals surface area contributed by atoms with Crippen LogP contribution in [0, 0.1) is 0 Å². The molecule has 0 unspecified atom stereocenters. The Balaban J connectivity index is 2.04. The predicted octanol–water partition coefficient (Wildman–Crippen LogP) is 1.37. The van der Waals surface area contributed by atoms with E-state index in [0.717, 1.165) is 12.8 Å². The Morgan fingerprint density at radius 3 is 2.88 bits per heavy atom. The number of aliphatic imine (C=N–C) groups is 1. The van der Waals surface area contributed by atoms with Gasteiger partial charge in [-0.15, -0.1) is 0 Å². The second-order valence-electron chi connectivity index (χ2n) is 4.10. The summed E-state index contributed by atoms with van der Waals surface area (Å²) in [5, 5.41) is 0. The molecule has 4 heteroatoms. The van der Waals surface area contributed by atoms with E-state index in [1.54, 1.807) is 7.11 Å². The third-order valence-corrected chi connectivity index (χ3v) is 3.30. The molecule has 3 rings (SSSR count). The van der Waals surface area contributed by atoms with Gasteiger partial charge in [-0.05, 0) is 25.0 Å². The van der Waals surface area contributed by atoms with Crippen molar-refractivity contribution < 1.29 is 9.53 Å². The van der Waals surface area contributed by atoms with Gasteiger partial charge in [0.15, 0.2) is 11.6 Å². The first kappa shape index (κ1) is 9.39. The van der Waals surface area contributed by atoms with Gasteiger partial charge in [-0.1, -0.05) is 12.2 Å². The number of fused-ring (bicyclic) bond motifs is 2. The number of amidine groups is 1. The Bertz CT molecular complexity index is 463. The van der Waals surface area contributed by atoms with Crippen molar-refractivity contribution in [2.75, 3.05) is 7.11 Å². The van der Waals surface area contributed by atoms with Crippen LogP contribution in [0.1, 0.15) is 12.8 Å². The highest BCUT2D eigenvalue weighted by Gasteiger charge is 2.51. The topological polar surface area (TPSA) is 41.9 Å². The van der Waals surface area contributed by atoms with Crippen molar-refractivity contribution in [3.05, 3.63) is 36.3 Å². The lowest BCUT2D eigenvalue weighted by Crippen LogP contribution is -2.47. The van der Waals surface area contributed by atoms with Crippen molar-refractivity contribution in [1.82, 2.24) is 4.90 Å². The van der Waals surface area contributed by atoms with Gasteiger partial charge < -0.3 is 9.64 Å². The molecule has 0 aromatic carbocycles. The molecule has 3 aliphatic rings. The molecule has 0 atom stereocenters. The van der Waals surface area contributed by atoms with Crippen molar-refractivity contribution in [1.29, 1.82) is 0 Å². The Morgan fingerprint density at radius 1 is 1.44 bits per heavy atom. The summed E-state index contributed by atoms with van der Waals surface area (Å²) in [4.78, 5) is 18.1. The minimum absolute atomic E-state index is 0.0676. The number of allylic oxidation sites excluding steroid dienone is 2. The Kier molecular flexibility index (Phi) is 1.80. The molecule has 0 aromatic heterocycles. The van der Waals surface area contributed by atoms with E-state index < -0.39 is 5.54 Å². The molecule has 0 saturated heterocycles. The zero-order valence-electron chi connectivity index (χ0n) is 9.01. The maximum atomic E-state index is 12.0. The van der Waals surface area contributed by atoms with Gasteiger partial charge in [-0.2, -0.15) is 4.99 Å². The monoisotopic (exact) mass is 216 g/mol. The summed E-state index contributed by atoms with van der Waals surface area (Å²) in [6.07, 6.45) is 11.1. The molecule has 1 aliphatic carbocycles. The number of rotatable bonds is 1. The highest BCUT2D eigenvalue weighted by Crippen LogP contribution is 2.39. The number of amides is 1. The van der Waals surface area contributed by atoms with Gasteiger partial charge in [0.1, 0.15) is 5.54 Å². The molecule has 4 nitrogen and oxygen atoms in total. The largest absolute Gasteiger partial charge is 0.493 e. The predicted molar refractivity (Wildman–Crippen MR) is 59.6 cm³/mol. The van der Waals surface area contributed by atoms with Crippen molar-refractivity contribution in [2.45, 2.75) is 18.4 Å². The van der Waals surface area contributed by atoms with Crippen LogP contribution < -0.4 is 0 Å². The average molecular weight is 216 g/mol. The van der Waals surface area contributed by atoms with Crippen LogP contribution in [0.2, 0.25) is 0 Å². The van der Waals surface area contributed by atoms with Crippen LogP contribution >= 0.6 is 0 Å². The van der Waals surface area contributed by atoms with Gasteiger partial charge in [0.05, 0.1) is 7.11 Å². The van der Waals surface area contributed by atoms with Gasteiger partial charge >= 0.3 is 0 Å². The van der Waals surface area contributed by atoms with Gasteiger partial charge in [0.2, 0.25) is 0 Å². The molecule has 0 fully saturated rings. The second-order valence-corrected chi connectivity index (χ2v) is 4.10. The molecule has 16 heavy (non-hydrogen) atoms. The summed E-state index contributed by atoms with van der Waals surface area (Å²) >= 11 is 0. The standard InChI is InChI=1S/C12H12N2O2/c1-16-9-5-4-8-14-10(9)13-11(15)12(14)6-2-3-7-12/h2-5,8H,6-7H2,1H3. The van der Waals surface area contributed by atoms with Crippen LogP contribution in [0.25, 0.3) is 0 Å². The van der Waals surface area contributed by atoms with Gasteiger partial charge in [-0.3, -0.25) is 4.79 Å².